The van der Waals surface area contributed by atoms with Crippen molar-refractivity contribution in [2.24, 2.45) is 5.92 Å². The average molecular weight is 209 g/mol. The summed E-state index contributed by atoms with van der Waals surface area (Å²) in [5, 5.41) is 0. The van der Waals surface area contributed by atoms with Gasteiger partial charge in [-0.2, -0.15) is 0 Å². The van der Waals surface area contributed by atoms with Crippen molar-refractivity contribution in [2.45, 2.75) is 39.2 Å². The third-order valence-electron chi connectivity index (χ3n) is 1.67. The van der Waals surface area contributed by atoms with Gasteiger partial charge in [0.1, 0.15) is 5.56 Å². The molecule has 1 unspecified atom stereocenters. The molecule has 0 aliphatic heterocycles. The molecular formula is C10H21ClO2. The Morgan fingerprint density at radius 1 is 1.15 bits per heavy atom. The van der Waals surface area contributed by atoms with Gasteiger partial charge in [0, 0.05) is 6.61 Å². The van der Waals surface area contributed by atoms with Crippen LogP contribution < -0.4 is 0 Å². The second kappa shape index (κ2) is 8.79. The summed E-state index contributed by atoms with van der Waals surface area (Å²) in [4.78, 5) is 0. The van der Waals surface area contributed by atoms with Crippen LogP contribution in [0.25, 0.3) is 0 Å². The molecule has 0 rings (SSSR count). The van der Waals surface area contributed by atoms with Crippen molar-refractivity contribution in [3.63, 3.8) is 0 Å². The van der Waals surface area contributed by atoms with Gasteiger partial charge in [-0.25, -0.2) is 0 Å². The molecule has 0 aromatic carbocycles. The smallest absolute Gasteiger partial charge is 0.133 e. The summed E-state index contributed by atoms with van der Waals surface area (Å²) in [7, 11) is 0. The van der Waals surface area contributed by atoms with Crippen LogP contribution >= 0.6 is 11.6 Å². The van der Waals surface area contributed by atoms with Crippen molar-refractivity contribution >= 4 is 11.6 Å². The second-order valence-electron chi connectivity index (χ2n) is 3.43. The Hall–Kier alpha value is 0.210. The molecule has 2 nitrogen and oxygen atoms in total. The lowest BCUT2D eigenvalue weighted by Gasteiger charge is -2.14. The van der Waals surface area contributed by atoms with E-state index >= 15 is 0 Å². The molecule has 0 N–H and O–H groups in total. The fourth-order valence-electron chi connectivity index (χ4n) is 0.761. The van der Waals surface area contributed by atoms with E-state index in [0.29, 0.717) is 19.1 Å². The molecule has 0 heterocycles. The van der Waals surface area contributed by atoms with Gasteiger partial charge in [0.05, 0.1) is 13.2 Å². The molecule has 0 aliphatic carbocycles. The Kier molecular flexibility index (Phi) is 8.93. The lowest BCUT2D eigenvalue weighted by molar-refractivity contribution is 0.0201. The maximum absolute atomic E-state index is 5.88. The summed E-state index contributed by atoms with van der Waals surface area (Å²) in [6, 6.07) is 0. The Labute approximate surface area is 86.6 Å². The SMILES string of the molecule is CCCCOCCOC(Cl)C(C)C. The zero-order valence-corrected chi connectivity index (χ0v) is 9.64. The van der Waals surface area contributed by atoms with Gasteiger partial charge in [-0.1, -0.05) is 38.8 Å². The first-order chi connectivity index (χ1) is 6.18. The topological polar surface area (TPSA) is 18.5 Å². The first-order valence-electron chi connectivity index (χ1n) is 5.02. The summed E-state index contributed by atoms with van der Waals surface area (Å²) in [5.41, 5.74) is -0.185. The van der Waals surface area contributed by atoms with Crippen LogP contribution in [0.1, 0.15) is 33.6 Å². The van der Waals surface area contributed by atoms with E-state index in [0.717, 1.165) is 13.0 Å². The van der Waals surface area contributed by atoms with Gasteiger partial charge in [0.15, 0.2) is 0 Å². The minimum absolute atomic E-state index is 0.185. The number of ether oxygens (including phenoxy) is 2. The lowest BCUT2D eigenvalue weighted by atomic mass is 10.2. The van der Waals surface area contributed by atoms with Gasteiger partial charge in [-0.05, 0) is 12.3 Å². The molecule has 0 radical (unpaired) electrons. The number of hydrogen-bond donors (Lipinski definition) is 0. The highest BCUT2D eigenvalue weighted by Gasteiger charge is 2.08. The number of rotatable bonds is 8. The average Bonchev–Trinajstić information content (AvgIpc) is 2.10. The van der Waals surface area contributed by atoms with E-state index in [9.17, 15) is 0 Å². The molecule has 1 atom stereocenters. The van der Waals surface area contributed by atoms with E-state index in [4.69, 9.17) is 21.1 Å². The van der Waals surface area contributed by atoms with Crippen molar-refractivity contribution < 1.29 is 9.47 Å². The third kappa shape index (κ3) is 8.54. The van der Waals surface area contributed by atoms with Crippen LogP contribution in [0, 0.1) is 5.92 Å². The van der Waals surface area contributed by atoms with Crippen molar-refractivity contribution in [3.05, 3.63) is 0 Å². The predicted molar refractivity (Wildman–Crippen MR) is 56.2 cm³/mol. The number of alkyl halides is 1. The molecule has 3 heteroatoms. The Morgan fingerprint density at radius 2 is 1.85 bits per heavy atom. The van der Waals surface area contributed by atoms with Crippen molar-refractivity contribution in [1.29, 1.82) is 0 Å². The summed E-state index contributed by atoms with van der Waals surface area (Å²) in [6.07, 6.45) is 2.29. The van der Waals surface area contributed by atoms with Crippen LogP contribution in [0.3, 0.4) is 0 Å². The van der Waals surface area contributed by atoms with E-state index in [-0.39, 0.29) is 5.56 Å². The van der Waals surface area contributed by atoms with Crippen LogP contribution in [0.15, 0.2) is 0 Å². The molecule has 0 bridgehead atoms. The van der Waals surface area contributed by atoms with Crippen LogP contribution in [0.2, 0.25) is 0 Å². The molecule has 0 saturated heterocycles. The van der Waals surface area contributed by atoms with Crippen molar-refractivity contribution in [3.8, 4) is 0 Å². The molecule has 0 fully saturated rings. The van der Waals surface area contributed by atoms with E-state index < -0.39 is 0 Å². The van der Waals surface area contributed by atoms with Gasteiger partial charge in [0.25, 0.3) is 0 Å². The Morgan fingerprint density at radius 3 is 2.38 bits per heavy atom. The molecule has 0 aliphatic rings. The molecule has 0 spiro atoms. The standard InChI is InChI=1S/C10H21ClO2/c1-4-5-6-12-7-8-13-10(11)9(2)3/h9-10H,4-8H2,1-3H3. The Balaban J connectivity index is 3.07. The molecule has 0 aromatic heterocycles. The van der Waals surface area contributed by atoms with Crippen molar-refractivity contribution in [1.82, 2.24) is 0 Å². The summed E-state index contributed by atoms with van der Waals surface area (Å²) >= 11 is 5.88. The first-order valence-corrected chi connectivity index (χ1v) is 5.45. The van der Waals surface area contributed by atoms with Crippen LogP contribution in [-0.2, 0) is 9.47 Å². The zero-order chi connectivity index (χ0) is 10.1. The van der Waals surface area contributed by atoms with Gasteiger partial charge < -0.3 is 9.47 Å². The van der Waals surface area contributed by atoms with E-state index in [1.54, 1.807) is 0 Å². The van der Waals surface area contributed by atoms with Crippen LogP contribution in [-0.4, -0.2) is 25.4 Å². The zero-order valence-electron chi connectivity index (χ0n) is 8.88. The number of unbranched alkanes of at least 4 members (excludes halogenated alkanes) is 1. The molecule has 0 saturated carbocycles. The van der Waals surface area contributed by atoms with Gasteiger partial charge in [-0.15, -0.1) is 0 Å². The molecular weight excluding hydrogens is 188 g/mol. The maximum Gasteiger partial charge on any atom is 0.133 e. The highest BCUT2D eigenvalue weighted by molar-refractivity contribution is 6.19. The maximum atomic E-state index is 5.88. The Bertz CT molecular complexity index is 107. The lowest BCUT2D eigenvalue weighted by Crippen LogP contribution is -2.16. The van der Waals surface area contributed by atoms with E-state index in [2.05, 4.69) is 6.92 Å². The van der Waals surface area contributed by atoms with Gasteiger partial charge >= 0.3 is 0 Å². The van der Waals surface area contributed by atoms with Crippen molar-refractivity contribution in [2.75, 3.05) is 19.8 Å². The van der Waals surface area contributed by atoms with E-state index in [1.165, 1.54) is 6.42 Å². The highest BCUT2D eigenvalue weighted by Crippen LogP contribution is 2.10. The fourth-order valence-corrected chi connectivity index (χ4v) is 0.850. The van der Waals surface area contributed by atoms with E-state index in [1.807, 2.05) is 13.8 Å². The van der Waals surface area contributed by atoms with Gasteiger partial charge in [0.2, 0.25) is 0 Å². The van der Waals surface area contributed by atoms with Crippen LogP contribution in [0.5, 0.6) is 0 Å². The number of hydrogen-bond acceptors (Lipinski definition) is 2. The third-order valence-corrected chi connectivity index (χ3v) is 2.30. The summed E-state index contributed by atoms with van der Waals surface area (Å²) in [6.45, 7) is 8.29. The monoisotopic (exact) mass is 208 g/mol. The van der Waals surface area contributed by atoms with Crippen LogP contribution in [0.4, 0.5) is 0 Å². The van der Waals surface area contributed by atoms with Gasteiger partial charge in [-0.3, -0.25) is 0 Å². The molecule has 13 heavy (non-hydrogen) atoms. The summed E-state index contributed by atoms with van der Waals surface area (Å²) in [5.74, 6) is 0.359. The quantitative estimate of drug-likeness (QED) is 0.451. The molecule has 0 amide bonds. The fraction of sp³-hybridized carbons (Fsp3) is 1.00. The highest BCUT2D eigenvalue weighted by atomic mass is 35.5. The molecule has 80 valence electrons. The minimum atomic E-state index is -0.185. The first kappa shape index (κ1) is 13.2. The minimum Gasteiger partial charge on any atom is -0.379 e. The second-order valence-corrected chi connectivity index (χ2v) is 3.86. The molecule has 0 aromatic rings. The largest absolute Gasteiger partial charge is 0.379 e. The number of halogens is 1. The normalized spacial score (nSPS) is 13.6. The summed E-state index contributed by atoms with van der Waals surface area (Å²) < 4.78 is 10.6. The predicted octanol–water partition coefficient (Wildman–Crippen LogP) is 3.04.